The molecule has 2 aromatic rings. The van der Waals surface area contributed by atoms with Crippen molar-refractivity contribution in [2.75, 3.05) is 0 Å². The molecule has 0 aliphatic heterocycles. The lowest BCUT2D eigenvalue weighted by Crippen LogP contribution is -2.33. The zero-order valence-corrected chi connectivity index (χ0v) is 12.1. The van der Waals surface area contributed by atoms with Crippen molar-refractivity contribution in [3.8, 4) is 11.3 Å². The second-order valence-electron chi connectivity index (χ2n) is 4.61. The van der Waals surface area contributed by atoms with Crippen LogP contribution in [0.3, 0.4) is 0 Å². The molecule has 0 saturated carbocycles. The van der Waals surface area contributed by atoms with Gasteiger partial charge in [-0.2, -0.15) is 26.3 Å². The van der Waals surface area contributed by atoms with E-state index in [0.29, 0.717) is 5.56 Å². The fourth-order valence-electron chi connectivity index (χ4n) is 1.92. The second-order valence-corrected chi connectivity index (χ2v) is 5.38. The minimum absolute atomic E-state index is 0.133. The van der Waals surface area contributed by atoms with Crippen LogP contribution in [-0.2, 0) is 12.3 Å². The number of alkyl halides is 5. The Bertz CT molecular complexity index is 628. The minimum atomic E-state index is -5.62. The lowest BCUT2D eigenvalue weighted by molar-refractivity contribution is -0.288. The molecule has 1 aromatic carbocycles. The first-order valence-corrected chi connectivity index (χ1v) is 6.96. The van der Waals surface area contributed by atoms with Gasteiger partial charge in [-0.3, -0.25) is 0 Å². The van der Waals surface area contributed by atoms with Gasteiger partial charge in [0.25, 0.3) is 0 Å². The third-order valence-electron chi connectivity index (χ3n) is 3.20. The van der Waals surface area contributed by atoms with Gasteiger partial charge in [0.15, 0.2) is 0 Å². The molecule has 0 unspecified atom stereocenters. The standard InChI is InChI=1S/C14H12F5NS/c1-3-9-4-6-10(7-5-9)11-8(2)12(21-20-11)13(15,16)14(17,18)19/h4-7H,3H2,1-2H3. The monoisotopic (exact) mass is 321 g/mol. The summed E-state index contributed by atoms with van der Waals surface area (Å²) in [5.41, 5.74) is 1.62. The van der Waals surface area contributed by atoms with Crippen LogP contribution in [0, 0.1) is 6.92 Å². The molecule has 2 rings (SSSR count). The fraction of sp³-hybridized carbons (Fsp3) is 0.357. The minimum Gasteiger partial charge on any atom is -0.192 e. The normalized spacial score (nSPS) is 12.7. The van der Waals surface area contributed by atoms with Crippen LogP contribution < -0.4 is 0 Å². The summed E-state index contributed by atoms with van der Waals surface area (Å²) in [6, 6.07) is 6.96. The highest BCUT2D eigenvalue weighted by Crippen LogP contribution is 2.48. The number of rotatable bonds is 3. The molecule has 1 nitrogen and oxygen atoms in total. The molecule has 0 atom stereocenters. The molecule has 114 valence electrons. The number of nitrogens with zero attached hydrogens (tertiary/aromatic N) is 1. The van der Waals surface area contributed by atoms with Gasteiger partial charge in [-0.25, -0.2) is 0 Å². The molecule has 0 fully saturated rings. The Morgan fingerprint density at radius 2 is 1.62 bits per heavy atom. The number of benzene rings is 1. The van der Waals surface area contributed by atoms with Crippen LogP contribution in [0.1, 0.15) is 22.9 Å². The van der Waals surface area contributed by atoms with Crippen molar-refractivity contribution in [2.24, 2.45) is 0 Å². The number of hydrogen-bond donors (Lipinski definition) is 0. The first-order chi connectivity index (χ1) is 9.68. The quantitative estimate of drug-likeness (QED) is 0.696. The van der Waals surface area contributed by atoms with E-state index in [1.807, 2.05) is 6.92 Å². The third-order valence-corrected chi connectivity index (χ3v) is 4.22. The zero-order valence-electron chi connectivity index (χ0n) is 11.3. The smallest absolute Gasteiger partial charge is 0.192 e. The number of halogens is 5. The van der Waals surface area contributed by atoms with E-state index in [-0.39, 0.29) is 22.8 Å². The van der Waals surface area contributed by atoms with Gasteiger partial charge in [0.05, 0.1) is 5.69 Å². The number of hydrogen-bond acceptors (Lipinski definition) is 2. The Kier molecular flexibility index (Phi) is 4.06. The molecule has 0 bridgehead atoms. The van der Waals surface area contributed by atoms with E-state index in [9.17, 15) is 22.0 Å². The summed E-state index contributed by atoms with van der Waals surface area (Å²) in [6.07, 6.45) is -4.80. The van der Waals surface area contributed by atoms with E-state index in [4.69, 9.17) is 0 Å². The maximum Gasteiger partial charge on any atom is 0.459 e. The summed E-state index contributed by atoms with van der Waals surface area (Å²) < 4.78 is 67.9. The van der Waals surface area contributed by atoms with Crippen molar-refractivity contribution in [1.29, 1.82) is 0 Å². The highest BCUT2D eigenvalue weighted by molar-refractivity contribution is 7.06. The Balaban J connectivity index is 2.45. The average Bonchev–Trinajstić information content (AvgIpc) is 2.80. The van der Waals surface area contributed by atoms with Crippen molar-refractivity contribution >= 4 is 11.5 Å². The van der Waals surface area contributed by atoms with Crippen LogP contribution >= 0.6 is 11.5 Å². The van der Waals surface area contributed by atoms with E-state index >= 15 is 0 Å². The summed E-state index contributed by atoms with van der Waals surface area (Å²) >= 11 is 0.195. The largest absolute Gasteiger partial charge is 0.459 e. The van der Waals surface area contributed by atoms with Crippen molar-refractivity contribution in [3.63, 3.8) is 0 Å². The van der Waals surface area contributed by atoms with Gasteiger partial charge in [0.1, 0.15) is 4.88 Å². The van der Waals surface area contributed by atoms with Gasteiger partial charge < -0.3 is 0 Å². The Hall–Kier alpha value is -1.50. The fourth-order valence-corrected chi connectivity index (χ4v) is 2.81. The van der Waals surface area contributed by atoms with Crippen LogP contribution in [0.2, 0.25) is 0 Å². The summed E-state index contributed by atoms with van der Waals surface area (Å²) in [4.78, 5) is -1.05. The predicted octanol–water partition coefficient (Wildman–Crippen LogP) is 5.34. The highest BCUT2D eigenvalue weighted by atomic mass is 32.1. The van der Waals surface area contributed by atoms with Crippen molar-refractivity contribution in [3.05, 3.63) is 40.3 Å². The van der Waals surface area contributed by atoms with Crippen LogP contribution in [0.25, 0.3) is 11.3 Å². The van der Waals surface area contributed by atoms with Crippen LogP contribution in [0.4, 0.5) is 22.0 Å². The molecule has 21 heavy (non-hydrogen) atoms. The summed E-state index contributed by atoms with van der Waals surface area (Å²) in [7, 11) is 0. The van der Waals surface area contributed by atoms with E-state index in [1.54, 1.807) is 24.3 Å². The van der Waals surface area contributed by atoms with Gasteiger partial charge in [0.2, 0.25) is 0 Å². The van der Waals surface area contributed by atoms with Gasteiger partial charge in [-0.1, -0.05) is 31.2 Å². The lowest BCUT2D eigenvalue weighted by atomic mass is 10.0. The molecule has 0 aliphatic carbocycles. The molecule has 0 aliphatic rings. The van der Waals surface area contributed by atoms with Gasteiger partial charge in [-0.15, -0.1) is 0 Å². The molecule has 1 aromatic heterocycles. The van der Waals surface area contributed by atoms with E-state index in [2.05, 4.69) is 4.37 Å². The maximum atomic E-state index is 13.4. The molecule has 0 radical (unpaired) electrons. The molecule has 0 amide bonds. The molecule has 0 saturated heterocycles. The van der Waals surface area contributed by atoms with Crippen LogP contribution in [-0.4, -0.2) is 10.5 Å². The zero-order chi connectivity index (χ0) is 15.8. The van der Waals surface area contributed by atoms with Crippen molar-refractivity contribution in [2.45, 2.75) is 32.4 Å². The van der Waals surface area contributed by atoms with Crippen molar-refractivity contribution in [1.82, 2.24) is 4.37 Å². The molecular weight excluding hydrogens is 309 g/mol. The number of aromatic nitrogens is 1. The predicted molar refractivity (Wildman–Crippen MR) is 71.6 cm³/mol. The van der Waals surface area contributed by atoms with Gasteiger partial charge in [-0.05, 0) is 36.0 Å². The first-order valence-electron chi connectivity index (χ1n) is 6.19. The topological polar surface area (TPSA) is 12.9 Å². The second kappa shape index (κ2) is 5.36. The van der Waals surface area contributed by atoms with Crippen LogP contribution in [0.5, 0.6) is 0 Å². The molecule has 1 heterocycles. The van der Waals surface area contributed by atoms with Gasteiger partial charge in [0, 0.05) is 5.56 Å². The highest BCUT2D eigenvalue weighted by Gasteiger charge is 2.60. The maximum absolute atomic E-state index is 13.4. The Morgan fingerprint density at radius 3 is 2.10 bits per heavy atom. The van der Waals surface area contributed by atoms with E-state index in [0.717, 1.165) is 12.0 Å². The Labute approximate surface area is 122 Å². The van der Waals surface area contributed by atoms with Crippen molar-refractivity contribution < 1.29 is 22.0 Å². The molecular formula is C14H12F5NS. The number of aryl methyl sites for hydroxylation is 1. The van der Waals surface area contributed by atoms with E-state index < -0.39 is 17.0 Å². The third kappa shape index (κ3) is 2.79. The van der Waals surface area contributed by atoms with Gasteiger partial charge >= 0.3 is 12.1 Å². The summed E-state index contributed by atoms with van der Waals surface area (Å²) in [5, 5.41) is 0. The first kappa shape index (κ1) is 15.9. The Morgan fingerprint density at radius 1 is 1.05 bits per heavy atom. The van der Waals surface area contributed by atoms with Crippen LogP contribution in [0.15, 0.2) is 24.3 Å². The molecule has 0 spiro atoms. The summed E-state index contributed by atoms with van der Waals surface area (Å²) in [6.45, 7) is 3.20. The average molecular weight is 321 g/mol. The lowest BCUT2D eigenvalue weighted by Gasteiger charge is -2.18. The van der Waals surface area contributed by atoms with E-state index in [1.165, 1.54) is 6.92 Å². The molecule has 0 N–H and O–H groups in total. The molecule has 7 heteroatoms. The summed E-state index contributed by atoms with van der Waals surface area (Å²) in [5.74, 6) is -4.88. The SMILES string of the molecule is CCc1ccc(-c2nsc(C(F)(F)C(F)(F)F)c2C)cc1.